The van der Waals surface area contributed by atoms with Crippen LogP contribution in [-0.2, 0) is 4.74 Å². The fourth-order valence-electron chi connectivity index (χ4n) is 3.47. The molecule has 0 radical (unpaired) electrons. The summed E-state index contributed by atoms with van der Waals surface area (Å²) >= 11 is 0.454. The monoisotopic (exact) mass is 339 g/mol. The van der Waals surface area contributed by atoms with Crippen LogP contribution in [0.25, 0.3) is 0 Å². The van der Waals surface area contributed by atoms with Gasteiger partial charge < -0.3 is 0 Å². The molecule has 0 N–H and O–H groups in total. The first-order valence-corrected chi connectivity index (χ1v) is 9.29. The van der Waals surface area contributed by atoms with Crippen LogP contribution in [0.1, 0.15) is 26.2 Å². The fourth-order valence-corrected chi connectivity index (χ4v) is 6.46. The predicted molar refractivity (Wildman–Crippen MR) is 80.4 cm³/mol. The molecule has 1 aromatic carbocycles. The summed E-state index contributed by atoms with van der Waals surface area (Å²) in [7, 11) is 0. The second-order valence-electron chi connectivity index (χ2n) is 5.48. The van der Waals surface area contributed by atoms with Crippen molar-refractivity contribution in [3.63, 3.8) is 0 Å². The average Bonchev–Trinajstić information content (AvgIpc) is 3.03. The maximum atomic E-state index is 12.1. The van der Waals surface area contributed by atoms with Crippen molar-refractivity contribution in [2.45, 2.75) is 37.0 Å². The van der Waals surface area contributed by atoms with Gasteiger partial charge in [-0.3, -0.25) is 0 Å². The van der Waals surface area contributed by atoms with Crippen LogP contribution < -0.4 is 4.46 Å². The van der Waals surface area contributed by atoms with Gasteiger partial charge in [0.1, 0.15) is 0 Å². The molecule has 108 valence electrons. The van der Waals surface area contributed by atoms with E-state index in [9.17, 15) is 4.79 Å². The standard InChI is InChI=1S/C16H21NO2Se/c1-2-19-16(18)17-11-10-12-8-9-14(15(12)17)20-13-6-4-3-5-7-13/h3-7,12,14-15H,2,8-11H2,1H3. The molecule has 3 nitrogen and oxygen atoms in total. The molecule has 3 atom stereocenters. The first-order valence-electron chi connectivity index (χ1n) is 7.44. The summed E-state index contributed by atoms with van der Waals surface area (Å²) in [6.07, 6.45) is 3.60. The van der Waals surface area contributed by atoms with E-state index < -0.39 is 0 Å². The van der Waals surface area contributed by atoms with Crippen LogP contribution in [0.2, 0.25) is 4.82 Å². The number of amides is 1. The predicted octanol–water partition coefficient (Wildman–Crippen LogP) is 2.45. The number of hydrogen-bond acceptors (Lipinski definition) is 2. The third-order valence-electron chi connectivity index (χ3n) is 4.32. The van der Waals surface area contributed by atoms with Crippen molar-refractivity contribution in [2.24, 2.45) is 5.92 Å². The number of fused-ring (bicyclic) bond motifs is 1. The first-order chi connectivity index (χ1) is 9.79. The molecule has 1 aliphatic carbocycles. The van der Waals surface area contributed by atoms with Gasteiger partial charge in [-0.25, -0.2) is 0 Å². The molecule has 0 bridgehead atoms. The Morgan fingerprint density at radius 3 is 2.85 bits per heavy atom. The van der Waals surface area contributed by atoms with Gasteiger partial charge in [0.25, 0.3) is 0 Å². The number of ether oxygens (including phenoxy) is 1. The molecule has 1 saturated heterocycles. The Morgan fingerprint density at radius 2 is 2.10 bits per heavy atom. The van der Waals surface area contributed by atoms with Gasteiger partial charge in [-0.15, -0.1) is 0 Å². The van der Waals surface area contributed by atoms with Crippen LogP contribution in [0.15, 0.2) is 30.3 Å². The van der Waals surface area contributed by atoms with E-state index >= 15 is 0 Å². The van der Waals surface area contributed by atoms with Crippen molar-refractivity contribution in [3.05, 3.63) is 30.3 Å². The van der Waals surface area contributed by atoms with Gasteiger partial charge >= 0.3 is 126 Å². The summed E-state index contributed by atoms with van der Waals surface area (Å²) in [5.41, 5.74) is 0. The Morgan fingerprint density at radius 1 is 1.30 bits per heavy atom. The Labute approximate surface area is 126 Å². The molecule has 20 heavy (non-hydrogen) atoms. The van der Waals surface area contributed by atoms with Crippen molar-refractivity contribution < 1.29 is 9.53 Å². The Balaban J connectivity index is 1.71. The number of rotatable bonds is 3. The van der Waals surface area contributed by atoms with E-state index in [1.54, 1.807) is 0 Å². The molecule has 3 unspecified atom stereocenters. The number of carbonyl (C=O) groups excluding carboxylic acids is 1. The van der Waals surface area contributed by atoms with Crippen LogP contribution in [0.3, 0.4) is 0 Å². The number of likely N-dealkylation sites (tertiary alicyclic amines) is 1. The molecule has 4 heteroatoms. The number of benzene rings is 1. The number of hydrogen-bond donors (Lipinski definition) is 0. The third kappa shape index (κ3) is 2.72. The van der Waals surface area contributed by atoms with E-state index in [-0.39, 0.29) is 6.09 Å². The Hall–Kier alpha value is -0.991. The average molecular weight is 338 g/mol. The summed E-state index contributed by atoms with van der Waals surface area (Å²) in [6.45, 7) is 3.24. The van der Waals surface area contributed by atoms with E-state index in [1.807, 2.05) is 11.8 Å². The molecule has 1 aliphatic heterocycles. The minimum absolute atomic E-state index is 0.101. The van der Waals surface area contributed by atoms with Crippen molar-refractivity contribution in [1.29, 1.82) is 0 Å². The molecule has 2 fully saturated rings. The van der Waals surface area contributed by atoms with E-state index in [4.69, 9.17) is 4.74 Å². The summed E-state index contributed by atoms with van der Waals surface area (Å²) in [6, 6.07) is 11.2. The van der Waals surface area contributed by atoms with Crippen LogP contribution in [0.5, 0.6) is 0 Å². The Bertz CT molecular complexity index is 465. The number of nitrogens with zero attached hydrogens (tertiary/aromatic N) is 1. The summed E-state index contributed by atoms with van der Waals surface area (Å²) < 4.78 is 6.67. The van der Waals surface area contributed by atoms with Crippen molar-refractivity contribution >= 4 is 25.5 Å². The second kappa shape index (κ2) is 6.19. The van der Waals surface area contributed by atoms with Crippen LogP contribution in [0, 0.1) is 5.92 Å². The van der Waals surface area contributed by atoms with E-state index in [2.05, 4.69) is 30.3 Å². The van der Waals surface area contributed by atoms with Gasteiger partial charge in [-0.05, 0) is 0 Å². The summed E-state index contributed by atoms with van der Waals surface area (Å²) in [5.74, 6) is 0.704. The van der Waals surface area contributed by atoms with E-state index in [0.717, 1.165) is 13.0 Å². The van der Waals surface area contributed by atoms with E-state index in [0.29, 0.717) is 38.3 Å². The molecule has 1 heterocycles. The molecule has 3 rings (SSSR count). The van der Waals surface area contributed by atoms with Crippen molar-refractivity contribution in [1.82, 2.24) is 4.90 Å². The SMILES string of the molecule is CCOC(=O)N1CCC2CCC([Se]c3ccccc3)C21. The molecule has 1 aromatic rings. The zero-order valence-corrected chi connectivity index (χ0v) is 13.5. The summed E-state index contributed by atoms with van der Waals surface area (Å²) in [5, 5.41) is 0. The zero-order valence-electron chi connectivity index (χ0n) is 11.8. The normalized spacial score (nSPS) is 28.4. The number of carbonyl (C=O) groups is 1. The van der Waals surface area contributed by atoms with Crippen LogP contribution in [-0.4, -0.2) is 45.1 Å². The quantitative estimate of drug-likeness (QED) is 0.793. The molecule has 1 saturated carbocycles. The molecular weight excluding hydrogens is 317 g/mol. The minimum atomic E-state index is -0.101. The molecule has 0 spiro atoms. The first kappa shape index (κ1) is 14.0. The molecule has 0 aromatic heterocycles. The maximum absolute atomic E-state index is 12.1. The van der Waals surface area contributed by atoms with Crippen LogP contribution >= 0.6 is 0 Å². The topological polar surface area (TPSA) is 29.5 Å². The van der Waals surface area contributed by atoms with Crippen molar-refractivity contribution in [3.8, 4) is 0 Å². The molecular formula is C16H21NO2Se. The van der Waals surface area contributed by atoms with Gasteiger partial charge in [0.15, 0.2) is 0 Å². The van der Waals surface area contributed by atoms with Gasteiger partial charge in [0.05, 0.1) is 0 Å². The van der Waals surface area contributed by atoms with Crippen LogP contribution in [0.4, 0.5) is 4.79 Å². The van der Waals surface area contributed by atoms with Gasteiger partial charge in [0, 0.05) is 0 Å². The van der Waals surface area contributed by atoms with E-state index in [1.165, 1.54) is 17.3 Å². The molecule has 2 aliphatic rings. The summed E-state index contributed by atoms with van der Waals surface area (Å²) in [4.78, 5) is 14.8. The van der Waals surface area contributed by atoms with Gasteiger partial charge in [-0.2, -0.15) is 0 Å². The second-order valence-corrected chi connectivity index (χ2v) is 8.23. The van der Waals surface area contributed by atoms with Gasteiger partial charge in [0.2, 0.25) is 0 Å². The zero-order chi connectivity index (χ0) is 13.9. The van der Waals surface area contributed by atoms with Gasteiger partial charge in [-0.1, -0.05) is 0 Å². The third-order valence-corrected chi connectivity index (χ3v) is 7.18. The molecule has 1 amide bonds. The van der Waals surface area contributed by atoms with Crippen molar-refractivity contribution in [2.75, 3.05) is 13.2 Å². The Kier molecular flexibility index (Phi) is 4.32. The fraction of sp³-hybridized carbons (Fsp3) is 0.562.